The van der Waals surface area contributed by atoms with E-state index in [-0.39, 0.29) is 23.0 Å². The van der Waals surface area contributed by atoms with Crippen LogP contribution in [0.4, 0.5) is 5.13 Å². The Balaban J connectivity index is 1.52. The van der Waals surface area contributed by atoms with Crippen LogP contribution in [-0.2, 0) is 37.9 Å². The minimum Gasteiger partial charge on any atom is -0.478 e. The molecule has 4 aromatic rings. The number of benzene rings is 1. The zero-order valence-electron chi connectivity index (χ0n) is 23.6. The summed E-state index contributed by atoms with van der Waals surface area (Å²) in [6.07, 6.45) is 2.98. The van der Waals surface area contributed by atoms with Crippen LogP contribution in [0.15, 0.2) is 58.7 Å². The number of pyridine rings is 1. The first-order valence-corrected chi connectivity index (χ1v) is 15.6. The normalized spacial score (nSPS) is 12.0. The number of aromatic nitrogens is 4. The zero-order chi connectivity index (χ0) is 30.0. The average molecular weight is 616 g/mol. The fourth-order valence-corrected chi connectivity index (χ4v) is 5.88. The van der Waals surface area contributed by atoms with Gasteiger partial charge in [-0.1, -0.05) is 28.6 Å². The van der Waals surface area contributed by atoms with E-state index >= 15 is 0 Å². The van der Waals surface area contributed by atoms with Crippen molar-refractivity contribution in [3.05, 3.63) is 59.9 Å². The Morgan fingerprint density at radius 3 is 2.60 bits per heavy atom. The first-order valence-electron chi connectivity index (χ1n) is 13.2. The molecular formula is C27H33N7O6S2. The molecule has 42 heavy (non-hydrogen) atoms. The van der Waals surface area contributed by atoms with Crippen molar-refractivity contribution in [1.29, 1.82) is 0 Å². The van der Waals surface area contributed by atoms with Gasteiger partial charge >= 0.3 is 0 Å². The predicted molar refractivity (Wildman–Crippen MR) is 160 cm³/mol. The second-order valence-electron chi connectivity index (χ2n) is 9.14. The Bertz CT molecular complexity index is 1620. The number of nitrogens with one attached hydrogen (secondary N) is 2. The largest absolute Gasteiger partial charge is 0.478 e. The van der Waals surface area contributed by atoms with Crippen LogP contribution < -0.4 is 15.4 Å². The standard InChI is InChI=1S/C27H33N7O6S2/c1-28-13-4-16-39-23-11-10-22-26(30-23)41-27(29-22)31-25(35)24(33-40-18-20-12-14-34(2)32-20)19-6-8-21(9-7-19)42(36,37)17-5-15-38-3/h6-12,14,28H,4-5,13,15-18H2,1-3H3,(H,29,31,35). The van der Waals surface area contributed by atoms with E-state index in [1.165, 1.54) is 42.7 Å². The maximum Gasteiger partial charge on any atom is 0.280 e. The van der Waals surface area contributed by atoms with Gasteiger partial charge in [-0.05, 0) is 50.7 Å². The molecule has 1 aromatic carbocycles. The molecule has 0 saturated heterocycles. The summed E-state index contributed by atoms with van der Waals surface area (Å²) in [6, 6.07) is 11.2. The van der Waals surface area contributed by atoms with Gasteiger partial charge < -0.3 is 19.6 Å². The van der Waals surface area contributed by atoms with Crippen LogP contribution in [0.3, 0.4) is 0 Å². The minimum absolute atomic E-state index is 0.0335. The highest BCUT2D eigenvalue weighted by atomic mass is 32.2. The van der Waals surface area contributed by atoms with Gasteiger partial charge in [0.05, 0.1) is 17.3 Å². The fraction of sp³-hybridized carbons (Fsp3) is 0.370. The van der Waals surface area contributed by atoms with Gasteiger partial charge in [-0.15, -0.1) is 0 Å². The third-order valence-corrected chi connectivity index (χ3v) is 8.57. The molecular weight excluding hydrogens is 582 g/mol. The number of thiazole rings is 1. The number of nitrogens with zero attached hydrogens (tertiary/aromatic N) is 5. The third kappa shape index (κ3) is 8.55. The quantitative estimate of drug-likeness (QED) is 0.109. The second kappa shape index (κ2) is 14.8. The number of fused-ring (bicyclic) bond motifs is 1. The number of aryl methyl sites for hydroxylation is 1. The molecule has 0 aliphatic heterocycles. The first-order chi connectivity index (χ1) is 20.3. The fourth-order valence-electron chi connectivity index (χ4n) is 3.78. The lowest BCUT2D eigenvalue weighted by molar-refractivity contribution is -0.110. The number of oxime groups is 1. The minimum atomic E-state index is -3.51. The topological polar surface area (TPSA) is 159 Å². The molecule has 0 spiro atoms. The van der Waals surface area contributed by atoms with Gasteiger partial charge in [-0.25, -0.2) is 18.4 Å². The Kier molecular flexibility index (Phi) is 10.9. The number of carbonyl (C=O) groups excluding carboxylic acids is 1. The highest BCUT2D eigenvalue weighted by molar-refractivity contribution is 7.91. The number of carbonyl (C=O) groups is 1. The number of hydrogen-bond donors (Lipinski definition) is 2. The van der Waals surface area contributed by atoms with Crippen molar-refractivity contribution in [1.82, 2.24) is 25.1 Å². The molecule has 2 N–H and O–H groups in total. The zero-order valence-corrected chi connectivity index (χ0v) is 25.2. The number of hydrogen-bond acceptors (Lipinski definition) is 12. The van der Waals surface area contributed by atoms with E-state index in [0.29, 0.717) is 52.3 Å². The van der Waals surface area contributed by atoms with E-state index in [4.69, 9.17) is 14.3 Å². The summed E-state index contributed by atoms with van der Waals surface area (Å²) in [6.45, 7) is 1.73. The van der Waals surface area contributed by atoms with Gasteiger partial charge in [-0.3, -0.25) is 14.8 Å². The number of sulfone groups is 1. The van der Waals surface area contributed by atoms with Gasteiger partial charge in [-0.2, -0.15) is 5.10 Å². The molecule has 0 fully saturated rings. The number of anilines is 1. The SMILES string of the molecule is CNCCCOc1ccc2nc(NC(=O)C(=NOCc3ccn(C)n3)c3ccc(S(=O)(=O)CCCOC)cc3)sc2n1. The third-order valence-electron chi connectivity index (χ3n) is 5.87. The van der Waals surface area contributed by atoms with Crippen molar-refractivity contribution >= 4 is 48.3 Å². The molecule has 0 aliphatic rings. The summed E-state index contributed by atoms with van der Waals surface area (Å²) in [4.78, 5) is 28.5. The number of amides is 1. The van der Waals surface area contributed by atoms with Crippen LogP contribution >= 0.6 is 11.3 Å². The van der Waals surface area contributed by atoms with Crippen molar-refractivity contribution in [3.8, 4) is 5.88 Å². The maximum absolute atomic E-state index is 13.4. The van der Waals surface area contributed by atoms with Crippen LogP contribution in [0.2, 0.25) is 0 Å². The molecule has 0 radical (unpaired) electrons. The van der Waals surface area contributed by atoms with Gasteiger partial charge in [0.25, 0.3) is 5.91 Å². The van der Waals surface area contributed by atoms with E-state index in [2.05, 4.69) is 30.9 Å². The number of rotatable bonds is 16. The summed E-state index contributed by atoms with van der Waals surface area (Å²) in [5.74, 6) is -0.166. The molecule has 0 saturated carbocycles. The van der Waals surface area contributed by atoms with Crippen molar-refractivity contribution < 1.29 is 27.5 Å². The Labute approximate surface area is 247 Å². The van der Waals surface area contributed by atoms with E-state index in [1.54, 1.807) is 36.1 Å². The summed E-state index contributed by atoms with van der Waals surface area (Å²) in [5, 5.41) is 14.5. The van der Waals surface area contributed by atoms with Gasteiger partial charge in [0, 0.05) is 38.6 Å². The Morgan fingerprint density at radius 1 is 1.07 bits per heavy atom. The average Bonchev–Trinajstić information content (AvgIpc) is 3.58. The van der Waals surface area contributed by atoms with E-state index in [0.717, 1.165) is 13.0 Å². The monoisotopic (exact) mass is 615 g/mol. The lowest BCUT2D eigenvalue weighted by atomic mass is 10.1. The Morgan fingerprint density at radius 2 is 1.88 bits per heavy atom. The molecule has 224 valence electrons. The molecule has 0 atom stereocenters. The van der Waals surface area contributed by atoms with Crippen molar-refractivity contribution in [3.63, 3.8) is 0 Å². The first kappa shape index (κ1) is 31.0. The summed E-state index contributed by atoms with van der Waals surface area (Å²) in [7, 11) is 1.67. The van der Waals surface area contributed by atoms with Crippen LogP contribution in [-0.4, -0.2) is 79.5 Å². The van der Waals surface area contributed by atoms with Gasteiger partial charge in [0.1, 0.15) is 16.0 Å². The smallest absolute Gasteiger partial charge is 0.280 e. The van der Waals surface area contributed by atoms with Crippen molar-refractivity contribution in [2.75, 3.05) is 45.0 Å². The number of ether oxygens (including phenoxy) is 2. The van der Waals surface area contributed by atoms with Crippen molar-refractivity contribution in [2.45, 2.75) is 24.3 Å². The summed E-state index contributed by atoms with van der Waals surface area (Å²) < 4.78 is 37.6. The van der Waals surface area contributed by atoms with Crippen LogP contribution in [0.5, 0.6) is 5.88 Å². The lowest BCUT2D eigenvalue weighted by Gasteiger charge is -2.08. The van der Waals surface area contributed by atoms with Crippen LogP contribution in [0, 0.1) is 0 Å². The lowest BCUT2D eigenvalue weighted by Crippen LogP contribution is -2.24. The highest BCUT2D eigenvalue weighted by Gasteiger charge is 2.20. The molecule has 0 aliphatic carbocycles. The second-order valence-corrected chi connectivity index (χ2v) is 12.2. The number of methoxy groups -OCH3 is 1. The van der Waals surface area contributed by atoms with E-state index < -0.39 is 15.7 Å². The van der Waals surface area contributed by atoms with Crippen LogP contribution in [0.1, 0.15) is 24.1 Å². The van der Waals surface area contributed by atoms with Crippen LogP contribution in [0.25, 0.3) is 10.3 Å². The molecule has 3 heterocycles. The molecule has 0 unspecified atom stereocenters. The van der Waals surface area contributed by atoms with Crippen molar-refractivity contribution in [2.24, 2.45) is 12.2 Å². The molecule has 3 aromatic heterocycles. The van der Waals surface area contributed by atoms with Gasteiger partial charge in [0.2, 0.25) is 5.88 Å². The predicted octanol–water partition coefficient (Wildman–Crippen LogP) is 2.78. The molecule has 0 bridgehead atoms. The molecule has 4 rings (SSSR count). The highest BCUT2D eigenvalue weighted by Crippen LogP contribution is 2.26. The van der Waals surface area contributed by atoms with Gasteiger partial charge in [0.15, 0.2) is 27.3 Å². The van der Waals surface area contributed by atoms with E-state index in [9.17, 15) is 13.2 Å². The van der Waals surface area contributed by atoms with E-state index in [1.807, 2.05) is 7.05 Å². The molecule has 13 nitrogen and oxygen atoms in total. The maximum atomic E-state index is 13.4. The Hall–Kier alpha value is -3.92. The summed E-state index contributed by atoms with van der Waals surface area (Å²) in [5.41, 5.74) is 1.53. The summed E-state index contributed by atoms with van der Waals surface area (Å²) >= 11 is 1.19. The molecule has 15 heteroatoms. The molecule has 1 amide bonds.